The first kappa shape index (κ1) is 31.6. The number of nitrogens with zero attached hydrogens (tertiary/aromatic N) is 2. The standard InChI is InChI=1S/C52H34N2S/c1-2-13-40(14-3-1)53(42-31-25-37(26-32-42)44-17-10-18-47-46-16-7-9-20-51(46)55-52(44)47)41-27-21-35(22-28-41)36-23-29-43(30-24-36)54-49-19-8-6-15-45(49)48-33-38-11-4-5-12-39(38)34-50(48)54/h1-34H. The van der Waals surface area contributed by atoms with Crippen molar-refractivity contribution in [2.45, 2.75) is 0 Å². The molecule has 0 saturated heterocycles. The Kier molecular flexibility index (Phi) is 7.39. The third-order valence-electron chi connectivity index (χ3n) is 11.0. The van der Waals surface area contributed by atoms with Crippen molar-refractivity contribution in [2.24, 2.45) is 0 Å². The van der Waals surface area contributed by atoms with Gasteiger partial charge in [-0.05, 0) is 106 Å². The molecule has 258 valence electrons. The van der Waals surface area contributed by atoms with Gasteiger partial charge in [0.1, 0.15) is 0 Å². The third-order valence-corrected chi connectivity index (χ3v) is 12.2. The van der Waals surface area contributed by atoms with Crippen molar-refractivity contribution in [3.63, 3.8) is 0 Å². The predicted molar refractivity (Wildman–Crippen MR) is 237 cm³/mol. The Balaban J connectivity index is 0.929. The van der Waals surface area contributed by atoms with Gasteiger partial charge in [-0.15, -0.1) is 11.3 Å². The highest BCUT2D eigenvalue weighted by molar-refractivity contribution is 7.26. The minimum atomic E-state index is 1.11. The Bertz CT molecular complexity index is 3170. The van der Waals surface area contributed by atoms with E-state index in [1.165, 1.54) is 75.0 Å². The summed E-state index contributed by atoms with van der Waals surface area (Å²) in [6, 6.07) is 75.0. The lowest BCUT2D eigenvalue weighted by molar-refractivity contribution is 1.18. The highest BCUT2D eigenvalue weighted by Gasteiger charge is 2.16. The minimum absolute atomic E-state index is 1.11. The molecular formula is C52H34N2S. The van der Waals surface area contributed by atoms with Gasteiger partial charge in [0, 0.05) is 53.7 Å². The Labute approximate surface area is 323 Å². The molecule has 2 heterocycles. The molecule has 0 aliphatic carbocycles. The monoisotopic (exact) mass is 718 g/mol. The molecule has 0 amide bonds. The van der Waals surface area contributed by atoms with Gasteiger partial charge >= 0.3 is 0 Å². The van der Waals surface area contributed by atoms with Crippen LogP contribution in [0.5, 0.6) is 0 Å². The molecule has 2 aromatic heterocycles. The van der Waals surface area contributed by atoms with Crippen LogP contribution >= 0.6 is 11.3 Å². The molecule has 11 aromatic rings. The Hall–Kier alpha value is -6.94. The first-order chi connectivity index (χ1) is 27.3. The van der Waals surface area contributed by atoms with Gasteiger partial charge in [0.2, 0.25) is 0 Å². The summed E-state index contributed by atoms with van der Waals surface area (Å²) in [7, 11) is 0. The first-order valence-electron chi connectivity index (χ1n) is 18.8. The van der Waals surface area contributed by atoms with Gasteiger partial charge in [-0.3, -0.25) is 0 Å². The van der Waals surface area contributed by atoms with E-state index in [0.717, 1.165) is 22.7 Å². The number of anilines is 3. The van der Waals surface area contributed by atoms with E-state index < -0.39 is 0 Å². The maximum Gasteiger partial charge on any atom is 0.0547 e. The zero-order valence-corrected chi connectivity index (χ0v) is 30.7. The van der Waals surface area contributed by atoms with Crippen molar-refractivity contribution in [2.75, 3.05) is 4.90 Å². The van der Waals surface area contributed by atoms with Crippen LogP contribution < -0.4 is 4.90 Å². The van der Waals surface area contributed by atoms with Crippen LogP contribution in [0.2, 0.25) is 0 Å². The molecule has 0 N–H and O–H groups in total. The van der Waals surface area contributed by atoms with Crippen molar-refractivity contribution in [1.82, 2.24) is 4.57 Å². The first-order valence-corrected chi connectivity index (χ1v) is 19.6. The predicted octanol–water partition coefficient (Wildman–Crippen LogP) is 15.1. The van der Waals surface area contributed by atoms with Gasteiger partial charge in [-0.1, -0.05) is 133 Å². The molecule has 55 heavy (non-hydrogen) atoms. The zero-order chi connectivity index (χ0) is 36.3. The number of benzene rings is 9. The van der Waals surface area contributed by atoms with Crippen molar-refractivity contribution in [3.8, 4) is 27.9 Å². The van der Waals surface area contributed by atoms with Crippen LogP contribution in [0.15, 0.2) is 206 Å². The molecule has 3 heteroatoms. The number of hydrogen-bond acceptors (Lipinski definition) is 2. The Morgan fingerprint density at radius 3 is 1.67 bits per heavy atom. The van der Waals surface area contributed by atoms with Gasteiger partial charge < -0.3 is 9.47 Å². The average molecular weight is 719 g/mol. The number of para-hydroxylation sites is 2. The van der Waals surface area contributed by atoms with E-state index in [4.69, 9.17) is 0 Å². The van der Waals surface area contributed by atoms with Crippen LogP contribution in [0, 0.1) is 0 Å². The van der Waals surface area contributed by atoms with Crippen molar-refractivity contribution >= 4 is 81.1 Å². The van der Waals surface area contributed by atoms with Gasteiger partial charge in [0.25, 0.3) is 0 Å². The molecule has 0 saturated carbocycles. The molecule has 0 aliphatic rings. The maximum atomic E-state index is 2.40. The molecule has 0 unspecified atom stereocenters. The second kappa shape index (κ2) is 12.9. The topological polar surface area (TPSA) is 8.17 Å². The van der Waals surface area contributed by atoms with E-state index in [1.807, 2.05) is 11.3 Å². The molecule has 0 atom stereocenters. The summed E-state index contributed by atoms with van der Waals surface area (Å²) in [5.74, 6) is 0. The van der Waals surface area contributed by atoms with Crippen LogP contribution in [0.3, 0.4) is 0 Å². The summed E-state index contributed by atoms with van der Waals surface area (Å²) in [6.07, 6.45) is 0. The summed E-state index contributed by atoms with van der Waals surface area (Å²) in [5, 5.41) is 7.71. The number of aromatic nitrogens is 1. The smallest absolute Gasteiger partial charge is 0.0547 e. The van der Waals surface area contributed by atoms with E-state index in [1.54, 1.807) is 0 Å². The van der Waals surface area contributed by atoms with Crippen LogP contribution in [-0.4, -0.2) is 4.57 Å². The van der Waals surface area contributed by atoms with Crippen LogP contribution in [0.4, 0.5) is 17.1 Å². The van der Waals surface area contributed by atoms with E-state index >= 15 is 0 Å². The van der Waals surface area contributed by atoms with Gasteiger partial charge in [-0.2, -0.15) is 0 Å². The number of rotatable bonds is 6. The largest absolute Gasteiger partial charge is 0.311 e. The van der Waals surface area contributed by atoms with E-state index in [-0.39, 0.29) is 0 Å². The number of hydrogen-bond donors (Lipinski definition) is 0. The summed E-state index contributed by atoms with van der Waals surface area (Å²) in [5.41, 5.74) is 11.8. The second-order valence-corrected chi connectivity index (χ2v) is 15.2. The Morgan fingerprint density at radius 2 is 0.927 bits per heavy atom. The van der Waals surface area contributed by atoms with E-state index in [2.05, 4.69) is 216 Å². The molecule has 0 fully saturated rings. The lowest BCUT2D eigenvalue weighted by Crippen LogP contribution is -2.09. The third kappa shape index (κ3) is 5.32. The van der Waals surface area contributed by atoms with Crippen LogP contribution in [-0.2, 0) is 0 Å². The van der Waals surface area contributed by atoms with Gasteiger partial charge in [0.05, 0.1) is 11.0 Å². The SMILES string of the molecule is c1ccc(N(c2ccc(-c3ccc(-n4c5ccccc5c5cc6ccccc6cc54)cc3)cc2)c2ccc(-c3cccc4c3sc3ccccc34)cc2)cc1. The van der Waals surface area contributed by atoms with Crippen LogP contribution in [0.25, 0.3) is 80.7 Å². The number of thiophene rings is 1. The molecule has 0 aliphatic heterocycles. The normalized spacial score (nSPS) is 11.6. The summed E-state index contributed by atoms with van der Waals surface area (Å²) >= 11 is 1.88. The van der Waals surface area contributed by atoms with Crippen molar-refractivity contribution < 1.29 is 0 Å². The highest BCUT2D eigenvalue weighted by Crippen LogP contribution is 2.42. The second-order valence-electron chi connectivity index (χ2n) is 14.2. The molecular weight excluding hydrogens is 685 g/mol. The van der Waals surface area contributed by atoms with Gasteiger partial charge in [0.15, 0.2) is 0 Å². The molecule has 2 nitrogen and oxygen atoms in total. The molecule has 11 rings (SSSR count). The van der Waals surface area contributed by atoms with E-state index in [0.29, 0.717) is 0 Å². The van der Waals surface area contributed by atoms with Crippen molar-refractivity contribution in [3.05, 3.63) is 206 Å². The average Bonchev–Trinajstić information content (AvgIpc) is 3.79. The highest BCUT2D eigenvalue weighted by atomic mass is 32.1. The summed E-state index contributed by atoms with van der Waals surface area (Å²) in [4.78, 5) is 2.34. The fraction of sp³-hybridized carbons (Fsp3) is 0. The lowest BCUT2D eigenvalue weighted by Gasteiger charge is -2.26. The quantitative estimate of drug-likeness (QED) is 0.166. The van der Waals surface area contributed by atoms with E-state index in [9.17, 15) is 0 Å². The molecule has 0 spiro atoms. The van der Waals surface area contributed by atoms with Gasteiger partial charge in [-0.25, -0.2) is 0 Å². The summed E-state index contributed by atoms with van der Waals surface area (Å²) < 4.78 is 5.06. The Morgan fingerprint density at radius 1 is 0.364 bits per heavy atom. The van der Waals surface area contributed by atoms with Crippen LogP contribution in [0.1, 0.15) is 0 Å². The van der Waals surface area contributed by atoms with Crippen molar-refractivity contribution in [1.29, 1.82) is 0 Å². The minimum Gasteiger partial charge on any atom is -0.311 e. The molecule has 0 radical (unpaired) electrons. The fourth-order valence-corrected chi connectivity index (χ4v) is 9.57. The lowest BCUT2D eigenvalue weighted by atomic mass is 10.0. The maximum absolute atomic E-state index is 2.40. The molecule has 9 aromatic carbocycles. The zero-order valence-electron chi connectivity index (χ0n) is 29.9. The fourth-order valence-electron chi connectivity index (χ4n) is 8.33. The number of fused-ring (bicyclic) bond motifs is 7. The molecule has 0 bridgehead atoms. The summed E-state index contributed by atoms with van der Waals surface area (Å²) in [6.45, 7) is 0.